The third kappa shape index (κ3) is 2.47. The van der Waals surface area contributed by atoms with Crippen LogP contribution in [-0.2, 0) is 0 Å². The van der Waals surface area contributed by atoms with Gasteiger partial charge in [0.2, 0.25) is 0 Å². The summed E-state index contributed by atoms with van der Waals surface area (Å²) in [7, 11) is 0. The molecule has 0 saturated heterocycles. The van der Waals surface area contributed by atoms with Gasteiger partial charge in [-0.05, 0) is 25.1 Å². The number of aryl methyl sites for hydroxylation is 1. The smallest absolute Gasteiger partial charge is 0.153 e. The molecule has 1 heterocycles. The molecule has 0 amide bonds. The summed E-state index contributed by atoms with van der Waals surface area (Å²) in [5.41, 5.74) is 6.67. The largest absolute Gasteiger partial charge is 0.453 e. The molecule has 0 unspecified atom stereocenters. The average Bonchev–Trinajstić information content (AvgIpc) is 2.29. The van der Waals surface area contributed by atoms with Gasteiger partial charge in [0, 0.05) is 12.3 Å². The van der Waals surface area contributed by atoms with Crippen molar-refractivity contribution >= 4 is 17.3 Å². The number of anilines is 1. The normalized spacial score (nSPS) is 10.3. The summed E-state index contributed by atoms with van der Waals surface area (Å²) in [4.78, 5) is 4.06. The molecule has 0 aliphatic heterocycles. The monoisotopic (exact) mass is 252 g/mol. The van der Waals surface area contributed by atoms with Crippen molar-refractivity contribution in [3.8, 4) is 11.5 Å². The van der Waals surface area contributed by atoms with E-state index in [1.54, 1.807) is 25.3 Å². The summed E-state index contributed by atoms with van der Waals surface area (Å²) in [5, 5.41) is -0.0299. The van der Waals surface area contributed by atoms with Gasteiger partial charge in [-0.25, -0.2) is 4.39 Å². The van der Waals surface area contributed by atoms with E-state index in [9.17, 15) is 4.39 Å². The maximum atomic E-state index is 13.3. The Hall–Kier alpha value is -1.81. The number of hydrogen-bond acceptors (Lipinski definition) is 3. The number of nitrogen functional groups attached to an aromatic ring is 1. The van der Waals surface area contributed by atoms with Crippen molar-refractivity contribution in [3.63, 3.8) is 0 Å². The second-order valence-corrected chi connectivity index (χ2v) is 3.90. The molecule has 0 spiro atoms. The van der Waals surface area contributed by atoms with Crippen LogP contribution in [0.1, 0.15) is 5.69 Å². The van der Waals surface area contributed by atoms with E-state index in [0.29, 0.717) is 11.4 Å². The number of benzene rings is 1. The van der Waals surface area contributed by atoms with E-state index < -0.39 is 5.82 Å². The summed E-state index contributed by atoms with van der Waals surface area (Å²) in [6.45, 7) is 1.79. The third-order valence-corrected chi connectivity index (χ3v) is 2.52. The van der Waals surface area contributed by atoms with Crippen molar-refractivity contribution in [1.29, 1.82) is 0 Å². The maximum Gasteiger partial charge on any atom is 0.153 e. The predicted octanol–water partition coefficient (Wildman–Crippen LogP) is 3.56. The molecule has 88 valence electrons. The number of ether oxygens (including phenoxy) is 1. The van der Waals surface area contributed by atoms with Crippen LogP contribution in [0.5, 0.6) is 11.5 Å². The van der Waals surface area contributed by atoms with Crippen LogP contribution in [0.15, 0.2) is 30.5 Å². The lowest BCUT2D eigenvalue weighted by Gasteiger charge is -2.10. The average molecular weight is 253 g/mol. The lowest BCUT2D eigenvalue weighted by atomic mass is 10.3. The minimum atomic E-state index is -0.572. The van der Waals surface area contributed by atoms with E-state index in [4.69, 9.17) is 22.1 Å². The molecular weight excluding hydrogens is 243 g/mol. The molecule has 2 rings (SSSR count). The number of nitrogens with zero attached hydrogens (tertiary/aromatic N) is 1. The number of aromatic nitrogens is 1. The van der Waals surface area contributed by atoms with Crippen LogP contribution >= 0.6 is 11.6 Å². The fourth-order valence-corrected chi connectivity index (χ4v) is 1.50. The van der Waals surface area contributed by atoms with Crippen LogP contribution in [0.4, 0.5) is 10.1 Å². The van der Waals surface area contributed by atoms with E-state index in [0.717, 1.165) is 6.07 Å². The van der Waals surface area contributed by atoms with Crippen LogP contribution in [0.3, 0.4) is 0 Å². The molecule has 1 aromatic carbocycles. The standard InChI is InChI=1S/C12H10ClFN2O/c1-7-11(3-2-4-16-7)17-12-6-9(14)8(13)5-10(12)15/h2-6H,15H2,1H3. The molecule has 0 fully saturated rings. The van der Waals surface area contributed by atoms with Gasteiger partial charge in [-0.3, -0.25) is 4.98 Å². The van der Waals surface area contributed by atoms with E-state index in [1.807, 2.05) is 0 Å². The first-order valence-corrected chi connectivity index (χ1v) is 5.29. The molecule has 5 heteroatoms. The SMILES string of the molecule is Cc1ncccc1Oc1cc(F)c(Cl)cc1N. The minimum Gasteiger partial charge on any atom is -0.453 e. The minimum absolute atomic E-state index is 0.0299. The number of pyridine rings is 1. The van der Waals surface area contributed by atoms with E-state index >= 15 is 0 Å². The van der Waals surface area contributed by atoms with Gasteiger partial charge in [0.25, 0.3) is 0 Å². The first-order valence-electron chi connectivity index (χ1n) is 4.92. The molecule has 17 heavy (non-hydrogen) atoms. The summed E-state index contributed by atoms with van der Waals surface area (Å²) in [5.74, 6) is 0.182. The molecule has 0 aliphatic rings. The second-order valence-electron chi connectivity index (χ2n) is 3.49. The lowest BCUT2D eigenvalue weighted by molar-refractivity contribution is 0.472. The summed E-state index contributed by atoms with van der Waals surface area (Å²) in [6.07, 6.45) is 1.65. The summed E-state index contributed by atoms with van der Waals surface area (Å²) < 4.78 is 18.8. The highest BCUT2D eigenvalue weighted by Gasteiger charge is 2.09. The molecule has 2 N–H and O–H groups in total. The Morgan fingerprint density at radius 2 is 2.12 bits per heavy atom. The van der Waals surface area contributed by atoms with Crippen LogP contribution in [-0.4, -0.2) is 4.98 Å². The number of nitrogens with two attached hydrogens (primary N) is 1. The maximum absolute atomic E-state index is 13.3. The molecule has 2 aromatic rings. The van der Waals surface area contributed by atoms with Crippen molar-refractivity contribution in [3.05, 3.63) is 47.0 Å². The highest BCUT2D eigenvalue weighted by atomic mass is 35.5. The topological polar surface area (TPSA) is 48.1 Å². The molecule has 0 aliphatic carbocycles. The van der Waals surface area contributed by atoms with Crippen LogP contribution < -0.4 is 10.5 Å². The molecule has 0 bridgehead atoms. The van der Waals surface area contributed by atoms with Gasteiger partial charge in [-0.2, -0.15) is 0 Å². The van der Waals surface area contributed by atoms with Crippen LogP contribution in [0.2, 0.25) is 5.02 Å². The van der Waals surface area contributed by atoms with Crippen molar-refractivity contribution < 1.29 is 9.13 Å². The van der Waals surface area contributed by atoms with E-state index in [-0.39, 0.29) is 16.5 Å². The van der Waals surface area contributed by atoms with Crippen molar-refractivity contribution in [2.24, 2.45) is 0 Å². The Balaban J connectivity index is 2.37. The number of hydrogen-bond donors (Lipinski definition) is 1. The Kier molecular flexibility index (Phi) is 3.15. The molecular formula is C12H10ClFN2O. The highest BCUT2D eigenvalue weighted by molar-refractivity contribution is 6.31. The van der Waals surface area contributed by atoms with Gasteiger partial charge in [-0.1, -0.05) is 11.6 Å². The molecule has 1 aromatic heterocycles. The van der Waals surface area contributed by atoms with Gasteiger partial charge in [0.1, 0.15) is 11.6 Å². The Morgan fingerprint density at radius 1 is 1.35 bits per heavy atom. The fourth-order valence-electron chi connectivity index (χ4n) is 1.33. The van der Waals surface area contributed by atoms with Crippen LogP contribution in [0.25, 0.3) is 0 Å². The Labute approximate surface area is 103 Å². The van der Waals surface area contributed by atoms with Gasteiger partial charge >= 0.3 is 0 Å². The van der Waals surface area contributed by atoms with Gasteiger partial charge in [-0.15, -0.1) is 0 Å². The van der Waals surface area contributed by atoms with Crippen molar-refractivity contribution in [1.82, 2.24) is 4.98 Å². The highest BCUT2D eigenvalue weighted by Crippen LogP contribution is 2.32. The first-order chi connectivity index (χ1) is 8.08. The summed E-state index contributed by atoms with van der Waals surface area (Å²) >= 11 is 5.60. The first kappa shape index (κ1) is 11.7. The zero-order valence-electron chi connectivity index (χ0n) is 9.08. The molecule has 0 saturated carbocycles. The van der Waals surface area contributed by atoms with Gasteiger partial charge in [0.05, 0.1) is 16.4 Å². The van der Waals surface area contributed by atoms with Crippen molar-refractivity contribution in [2.45, 2.75) is 6.92 Å². The van der Waals surface area contributed by atoms with E-state index in [1.165, 1.54) is 6.07 Å². The third-order valence-electron chi connectivity index (χ3n) is 2.23. The number of rotatable bonds is 2. The fraction of sp³-hybridized carbons (Fsp3) is 0.0833. The van der Waals surface area contributed by atoms with Gasteiger partial charge in [0.15, 0.2) is 5.75 Å². The molecule has 0 atom stereocenters. The Bertz CT molecular complexity index is 560. The van der Waals surface area contributed by atoms with Crippen molar-refractivity contribution in [2.75, 3.05) is 5.73 Å². The molecule has 0 radical (unpaired) electrons. The second kappa shape index (κ2) is 4.59. The summed E-state index contributed by atoms with van der Waals surface area (Å²) in [6, 6.07) is 5.93. The zero-order valence-corrected chi connectivity index (χ0v) is 9.83. The quantitative estimate of drug-likeness (QED) is 0.832. The Morgan fingerprint density at radius 3 is 2.82 bits per heavy atom. The predicted molar refractivity (Wildman–Crippen MR) is 64.9 cm³/mol. The van der Waals surface area contributed by atoms with E-state index in [2.05, 4.69) is 4.98 Å². The lowest BCUT2D eigenvalue weighted by Crippen LogP contribution is -1.95. The molecule has 3 nitrogen and oxygen atoms in total. The van der Waals surface area contributed by atoms with Crippen LogP contribution in [0, 0.1) is 12.7 Å². The number of halogens is 2. The zero-order chi connectivity index (χ0) is 12.4. The van der Waals surface area contributed by atoms with Gasteiger partial charge < -0.3 is 10.5 Å².